The molecule has 2 rings (SSSR count). The number of aliphatic hydroxyl groups excluding tert-OH is 1. The van der Waals surface area contributed by atoms with E-state index in [-0.39, 0.29) is 12.3 Å². The highest BCUT2D eigenvalue weighted by atomic mass is 19.3. The number of hydrogen-bond donors (Lipinski definition) is 3. The molecule has 1 aromatic rings. The molecule has 1 saturated heterocycles. The van der Waals surface area contributed by atoms with Crippen LogP contribution in [0.25, 0.3) is 0 Å². The average molecular weight is 414 g/mol. The van der Waals surface area contributed by atoms with Gasteiger partial charge < -0.3 is 25.2 Å². The number of alkyl halides is 2. The smallest absolute Gasteiger partial charge is 0.387 e. The van der Waals surface area contributed by atoms with Crippen LogP contribution in [-0.4, -0.2) is 75.1 Å². The first-order valence-corrected chi connectivity index (χ1v) is 10.0. The number of halogens is 2. The summed E-state index contributed by atoms with van der Waals surface area (Å²) in [5.41, 5.74) is 0.591. The maximum absolute atomic E-state index is 12.2. The lowest BCUT2D eigenvalue weighted by Crippen LogP contribution is -2.45. The van der Waals surface area contributed by atoms with Crippen LogP contribution in [0.5, 0.6) is 5.75 Å². The Morgan fingerprint density at radius 3 is 2.72 bits per heavy atom. The summed E-state index contributed by atoms with van der Waals surface area (Å²) in [7, 11) is 1.71. The molecule has 0 bridgehead atoms. The summed E-state index contributed by atoms with van der Waals surface area (Å²) in [4.78, 5) is 6.87. The molecule has 7 nitrogen and oxygen atoms in total. The fraction of sp³-hybridized carbons (Fsp3) is 0.650. The number of nitrogens with one attached hydrogen (secondary N) is 2. The maximum Gasteiger partial charge on any atom is 0.387 e. The SMILES string of the molecule is CCNC(=NCC(O)c1ccc(OC(F)F)cc1)NCC1CCCN1CCOC. The molecule has 2 unspecified atom stereocenters. The summed E-state index contributed by atoms with van der Waals surface area (Å²) in [6, 6.07) is 6.37. The van der Waals surface area contributed by atoms with Gasteiger partial charge in [0.1, 0.15) is 5.75 Å². The van der Waals surface area contributed by atoms with E-state index in [1.165, 1.54) is 18.6 Å². The van der Waals surface area contributed by atoms with Crippen LogP contribution < -0.4 is 15.4 Å². The van der Waals surface area contributed by atoms with Crippen LogP contribution in [0, 0.1) is 0 Å². The van der Waals surface area contributed by atoms with Gasteiger partial charge in [-0.1, -0.05) is 12.1 Å². The van der Waals surface area contributed by atoms with Gasteiger partial charge in [-0.3, -0.25) is 9.89 Å². The lowest BCUT2D eigenvalue weighted by atomic mass is 10.1. The van der Waals surface area contributed by atoms with Gasteiger partial charge in [0.25, 0.3) is 0 Å². The zero-order chi connectivity index (χ0) is 21.1. The minimum atomic E-state index is -2.87. The number of ether oxygens (including phenoxy) is 2. The standard InChI is InChI=1S/C20H32F2N4O3/c1-3-23-20(24-13-16-5-4-10-26(16)11-12-28-2)25-14-18(27)15-6-8-17(9-7-15)29-19(21)22/h6-9,16,18-19,27H,3-5,10-14H2,1-2H3,(H2,23,24,25). The van der Waals surface area contributed by atoms with Crippen molar-refractivity contribution in [3.63, 3.8) is 0 Å². The fourth-order valence-electron chi connectivity index (χ4n) is 3.34. The highest BCUT2D eigenvalue weighted by molar-refractivity contribution is 5.79. The van der Waals surface area contributed by atoms with Gasteiger partial charge in [0, 0.05) is 32.8 Å². The molecule has 0 radical (unpaired) electrons. The maximum atomic E-state index is 12.2. The van der Waals surface area contributed by atoms with Crippen molar-refractivity contribution in [1.82, 2.24) is 15.5 Å². The summed E-state index contributed by atoms with van der Waals surface area (Å²) >= 11 is 0. The van der Waals surface area contributed by atoms with Crippen molar-refractivity contribution in [3.05, 3.63) is 29.8 Å². The molecule has 0 saturated carbocycles. The normalized spacial score (nSPS) is 18.8. The van der Waals surface area contributed by atoms with E-state index in [0.717, 1.165) is 32.7 Å². The molecule has 1 heterocycles. The monoisotopic (exact) mass is 414 g/mol. The van der Waals surface area contributed by atoms with Crippen molar-refractivity contribution in [3.8, 4) is 5.75 Å². The molecule has 1 fully saturated rings. The van der Waals surface area contributed by atoms with Gasteiger partial charge in [0.05, 0.1) is 19.3 Å². The van der Waals surface area contributed by atoms with E-state index >= 15 is 0 Å². The summed E-state index contributed by atoms with van der Waals surface area (Å²) in [5, 5.41) is 16.9. The first-order valence-electron chi connectivity index (χ1n) is 10.0. The van der Waals surface area contributed by atoms with Gasteiger partial charge >= 0.3 is 6.61 Å². The van der Waals surface area contributed by atoms with Crippen molar-refractivity contribution in [1.29, 1.82) is 0 Å². The Balaban J connectivity index is 1.87. The van der Waals surface area contributed by atoms with Gasteiger partial charge in [0.15, 0.2) is 5.96 Å². The molecule has 3 N–H and O–H groups in total. The molecular weight excluding hydrogens is 382 g/mol. The number of aliphatic imine (C=N–C) groups is 1. The third-order valence-corrected chi connectivity index (χ3v) is 4.84. The van der Waals surface area contributed by atoms with Crippen molar-refractivity contribution < 1.29 is 23.4 Å². The minimum Gasteiger partial charge on any atom is -0.435 e. The first-order chi connectivity index (χ1) is 14.0. The van der Waals surface area contributed by atoms with E-state index in [1.807, 2.05) is 6.92 Å². The van der Waals surface area contributed by atoms with E-state index in [1.54, 1.807) is 19.2 Å². The van der Waals surface area contributed by atoms with Crippen LogP contribution in [0.3, 0.4) is 0 Å². The molecule has 164 valence electrons. The van der Waals surface area contributed by atoms with E-state index < -0.39 is 12.7 Å². The quantitative estimate of drug-likeness (QED) is 0.380. The summed E-state index contributed by atoms with van der Waals surface area (Å²) in [6.07, 6.45) is 1.47. The van der Waals surface area contributed by atoms with Gasteiger partial charge in [-0.25, -0.2) is 0 Å². The second-order valence-corrected chi connectivity index (χ2v) is 6.89. The molecule has 29 heavy (non-hydrogen) atoms. The molecule has 0 amide bonds. The number of likely N-dealkylation sites (tertiary alicyclic amines) is 1. The molecule has 1 aromatic carbocycles. The number of rotatable bonds is 11. The zero-order valence-corrected chi connectivity index (χ0v) is 17.1. The largest absolute Gasteiger partial charge is 0.435 e. The van der Waals surface area contributed by atoms with Crippen LogP contribution in [0.15, 0.2) is 29.3 Å². The Morgan fingerprint density at radius 1 is 1.31 bits per heavy atom. The number of benzene rings is 1. The number of hydrogen-bond acceptors (Lipinski definition) is 5. The molecule has 0 spiro atoms. The summed E-state index contributed by atoms with van der Waals surface area (Å²) < 4.78 is 33.9. The van der Waals surface area contributed by atoms with Crippen LogP contribution in [0.2, 0.25) is 0 Å². The Bertz CT molecular complexity index is 616. The van der Waals surface area contributed by atoms with Crippen molar-refractivity contribution >= 4 is 5.96 Å². The third kappa shape index (κ3) is 8.12. The number of nitrogens with zero attached hydrogens (tertiary/aromatic N) is 2. The summed E-state index contributed by atoms with van der Waals surface area (Å²) in [6.45, 7) is 3.46. The van der Waals surface area contributed by atoms with Crippen molar-refractivity contribution in [2.75, 3.05) is 46.4 Å². The fourth-order valence-corrected chi connectivity index (χ4v) is 3.34. The number of guanidine groups is 1. The van der Waals surface area contributed by atoms with Gasteiger partial charge in [-0.05, 0) is 44.0 Å². The molecule has 1 aliphatic heterocycles. The van der Waals surface area contributed by atoms with Crippen molar-refractivity contribution in [2.45, 2.75) is 38.5 Å². The Labute approximate surface area is 171 Å². The van der Waals surface area contributed by atoms with Gasteiger partial charge in [0.2, 0.25) is 0 Å². The van der Waals surface area contributed by atoms with E-state index in [0.29, 0.717) is 24.1 Å². The Hall–Kier alpha value is -1.97. The molecular formula is C20H32F2N4O3. The predicted molar refractivity (Wildman–Crippen MR) is 108 cm³/mol. The minimum absolute atomic E-state index is 0.0593. The first kappa shape index (κ1) is 23.3. The average Bonchev–Trinajstić information content (AvgIpc) is 3.15. The zero-order valence-electron chi connectivity index (χ0n) is 17.1. The van der Waals surface area contributed by atoms with E-state index in [2.05, 4.69) is 25.3 Å². The molecule has 1 aliphatic rings. The van der Waals surface area contributed by atoms with Gasteiger partial charge in [-0.2, -0.15) is 8.78 Å². The summed E-state index contributed by atoms with van der Waals surface area (Å²) in [5.74, 6) is 0.701. The number of aliphatic hydroxyl groups is 1. The molecule has 0 aromatic heterocycles. The Kier molecular flexibility index (Phi) is 10.1. The topological polar surface area (TPSA) is 78.4 Å². The lowest BCUT2D eigenvalue weighted by molar-refractivity contribution is -0.0498. The highest BCUT2D eigenvalue weighted by Crippen LogP contribution is 2.19. The predicted octanol–water partition coefficient (Wildman–Crippen LogP) is 1.99. The second-order valence-electron chi connectivity index (χ2n) is 6.89. The number of methoxy groups -OCH3 is 1. The highest BCUT2D eigenvalue weighted by Gasteiger charge is 2.24. The second kappa shape index (κ2) is 12.6. The van der Waals surface area contributed by atoms with Gasteiger partial charge in [-0.15, -0.1) is 0 Å². The van der Waals surface area contributed by atoms with E-state index in [9.17, 15) is 13.9 Å². The lowest BCUT2D eigenvalue weighted by Gasteiger charge is -2.25. The van der Waals surface area contributed by atoms with Crippen molar-refractivity contribution in [2.24, 2.45) is 4.99 Å². The van der Waals surface area contributed by atoms with E-state index in [4.69, 9.17) is 4.74 Å². The van der Waals surface area contributed by atoms with Crippen LogP contribution in [0.1, 0.15) is 31.4 Å². The Morgan fingerprint density at radius 2 is 2.07 bits per heavy atom. The third-order valence-electron chi connectivity index (χ3n) is 4.84. The van der Waals surface area contributed by atoms with Crippen LogP contribution in [-0.2, 0) is 4.74 Å². The van der Waals surface area contributed by atoms with Crippen LogP contribution >= 0.6 is 0 Å². The molecule has 9 heteroatoms. The molecule has 0 aliphatic carbocycles. The van der Waals surface area contributed by atoms with Crippen LogP contribution in [0.4, 0.5) is 8.78 Å². The molecule has 2 atom stereocenters.